The third-order valence-corrected chi connectivity index (χ3v) is 3.57. The van der Waals surface area contributed by atoms with Gasteiger partial charge in [0, 0.05) is 23.7 Å². The van der Waals surface area contributed by atoms with Gasteiger partial charge in [0.25, 0.3) is 0 Å². The Labute approximate surface area is 120 Å². The predicted octanol–water partition coefficient (Wildman–Crippen LogP) is 3.40. The molecular formula is C15H22ClNO2. The quantitative estimate of drug-likeness (QED) is 0.812. The lowest BCUT2D eigenvalue weighted by molar-refractivity contribution is 0.00701. The molecule has 0 aromatic heterocycles. The van der Waals surface area contributed by atoms with Crippen LogP contribution in [-0.4, -0.2) is 25.9 Å². The molecular weight excluding hydrogens is 262 g/mol. The van der Waals surface area contributed by atoms with Crippen molar-refractivity contribution in [2.75, 3.05) is 19.8 Å². The number of ether oxygens (including phenoxy) is 2. The Morgan fingerprint density at radius 3 is 3.11 bits per heavy atom. The third-order valence-electron chi connectivity index (χ3n) is 3.22. The van der Waals surface area contributed by atoms with E-state index in [0.717, 1.165) is 55.3 Å². The van der Waals surface area contributed by atoms with Crippen LogP contribution in [0.4, 0.5) is 0 Å². The highest BCUT2D eigenvalue weighted by Crippen LogP contribution is 2.28. The van der Waals surface area contributed by atoms with Crippen LogP contribution in [0.15, 0.2) is 18.2 Å². The number of rotatable bonds is 6. The van der Waals surface area contributed by atoms with E-state index < -0.39 is 0 Å². The summed E-state index contributed by atoms with van der Waals surface area (Å²) in [6, 6.07) is 5.84. The van der Waals surface area contributed by atoms with Crippen LogP contribution in [0.25, 0.3) is 0 Å². The van der Waals surface area contributed by atoms with Gasteiger partial charge in [0.1, 0.15) is 11.9 Å². The number of halogens is 1. The van der Waals surface area contributed by atoms with Crippen molar-refractivity contribution in [3.05, 3.63) is 28.8 Å². The zero-order valence-corrected chi connectivity index (χ0v) is 12.2. The zero-order valence-electron chi connectivity index (χ0n) is 11.5. The maximum atomic E-state index is 6.27. The maximum Gasteiger partial charge on any atom is 0.125 e. The van der Waals surface area contributed by atoms with E-state index in [9.17, 15) is 0 Å². The van der Waals surface area contributed by atoms with Gasteiger partial charge in [-0.2, -0.15) is 0 Å². The van der Waals surface area contributed by atoms with Gasteiger partial charge in [-0.15, -0.1) is 0 Å². The summed E-state index contributed by atoms with van der Waals surface area (Å²) in [6.07, 6.45) is 3.37. The Morgan fingerprint density at radius 2 is 2.37 bits per heavy atom. The van der Waals surface area contributed by atoms with Crippen molar-refractivity contribution in [1.82, 2.24) is 5.32 Å². The highest BCUT2D eigenvalue weighted by Gasteiger charge is 2.17. The molecule has 0 saturated carbocycles. The number of benzene rings is 1. The fourth-order valence-electron chi connectivity index (χ4n) is 2.19. The van der Waals surface area contributed by atoms with E-state index in [4.69, 9.17) is 21.1 Å². The number of nitrogens with one attached hydrogen (secondary N) is 1. The SMILES string of the molecule is CCCNCc1c(Cl)cccc1OC1CCCOC1. The van der Waals surface area contributed by atoms with Crippen LogP contribution in [0.3, 0.4) is 0 Å². The third kappa shape index (κ3) is 4.37. The second-order valence-corrected chi connectivity index (χ2v) is 5.26. The minimum atomic E-state index is 0.150. The monoisotopic (exact) mass is 283 g/mol. The van der Waals surface area contributed by atoms with Gasteiger partial charge in [-0.1, -0.05) is 24.6 Å². The van der Waals surface area contributed by atoms with E-state index in [2.05, 4.69) is 12.2 Å². The molecule has 1 aromatic rings. The number of hydrogen-bond donors (Lipinski definition) is 1. The Balaban J connectivity index is 2.03. The molecule has 106 valence electrons. The first kappa shape index (κ1) is 14.6. The van der Waals surface area contributed by atoms with Crippen LogP contribution in [0.5, 0.6) is 5.75 Å². The van der Waals surface area contributed by atoms with E-state index in [1.54, 1.807) is 0 Å². The molecule has 1 saturated heterocycles. The summed E-state index contributed by atoms with van der Waals surface area (Å²) in [5.74, 6) is 0.881. The summed E-state index contributed by atoms with van der Waals surface area (Å²) in [4.78, 5) is 0. The van der Waals surface area contributed by atoms with Crippen molar-refractivity contribution in [1.29, 1.82) is 0 Å². The van der Waals surface area contributed by atoms with Crippen molar-refractivity contribution in [2.24, 2.45) is 0 Å². The first-order chi connectivity index (χ1) is 9.31. The van der Waals surface area contributed by atoms with Gasteiger partial charge in [-0.05, 0) is 37.9 Å². The van der Waals surface area contributed by atoms with Crippen LogP contribution in [0.1, 0.15) is 31.7 Å². The van der Waals surface area contributed by atoms with Crippen molar-refractivity contribution >= 4 is 11.6 Å². The van der Waals surface area contributed by atoms with E-state index in [0.29, 0.717) is 6.61 Å². The van der Waals surface area contributed by atoms with E-state index in [1.165, 1.54) is 0 Å². The van der Waals surface area contributed by atoms with Gasteiger partial charge in [-0.3, -0.25) is 0 Å². The summed E-state index contributed by atoms with van der Waals surface area (Å²) in [7, 11) is 0. The predicted molar refractivity (Wildman–Crippen MR) is 77.9 cm³/mol. The molecule has 1 aromatic carbocycles. The first-order valence-corrected chi connectivity index (χ1v) is 7.41. The molecule has 0 bridgehead atoms. The molecule has 1 atom stereocenters. The van der Waals surface area contributed by atoms with E-state index in [-0.39, 0.29) is 6.10 Å². The zero-order chi connectivity index (χ0) is 13.5. The summed E-state index contributed by atoms with van der Waals surface area (Å²) < 4.78 is 11.5. The topological polar surface area (TPSA) is 30.5 Å². The van der Waals surface area contributed by atoms with Gasteiger partial charge in [0.2, 0.25) is 0 Å². The Morgan fingerprint density at radius 1 is 1.47 bits per heavy atom. The lowest BCUT2D eigenvalue weighted by Crippen LogP contribution is -2.28. The van der Waals surface area contributed by atoms with Gasteiger partial charge < -0.3 is 14.8 Å². The van der Waals surface area contributed by atoms with Crippen LogP contribution in [-0.2, 0) is 11.3 Å². The molecule has 1 unspecified atom stereocenters. The van der Waals surface area contributed by atoms with Gasteiger partial charge in [-0.25, -0.2) is 0 Å². The molecule has 1 aliphatic heterocycles. The second-order valence-electron chi connectivity index (χ2n) is 4.85. The molecule has 1 heterocycles. The normalized spacial score (nSPS) is 19.4. The summed E-state index contributed by atoms with van der Waals surface area (Å²) in [5.41, 5.74) is 1.04. The average Bonchev–Trinajstić information content (AvgIpc) is 2.43. The van der Waals surface area contributed by atoms with Crippen molar-refractivity contribution in [3.8, 4) is 5.75 Å². The summed E-state index contributed by atoms with van der Waals surface area (Å²) in [6.45, 7) is 5.40. The molecule has 0 aliphatic carbocycles. The molecule has 0 radical (unpaired) electrons. The fraction of sp³-hybridized carbons (Fsp3) is 0.600. The smallest absolute Gasteiger partial charge is 0.125 e. The molecule has 3 nitrogen and oxygen atoms in total. The van der Waals surface area contributed by atoms with E-state index in [1.807, 2.05) is 18.2 Å². The Bertz CT molecular complexity index is 392. The fourth-order valence-corrected chi connectivity index (χ4v) is 2.43. The minimum Gasteiger partial charge on any atom is -0.488 e. The van der Waals surface area contributed by atoms with Crippen molar-refractivity contribution in [3.63, 3.8) is 0 Å². The highest BCUT2D eigenvalue weighted by molar-refractivity contribution is 6.31. The summed E-state index contributed by atoms with van der Waals surface area (Å²) >= 11 is 6.27. The number of hydrogen-bond acceptors (Lipinski definition) is 3. The molecule has 0 amide bonds. The molecule has 1 aliphatic rings. The van der Waals surface area contributed by atoms with Crippen LogP contribution in [0, 0.1) is 0 Å². The largest absolute Gasteiger partial charge is 0.488 e. The highest BCUT2D eigenvalue weighted by atomic mass is 35.5. The standard InChI is InChI=1S/C15H22ClNO2/c1-2-8-17-10-13-14(16)6-3-7-15(13)19-12-5-4-9-18-11-12/h3,6-7,12,17H,2,4-5,8-11H2,1H3. The van der Waals surface area contributed by atoms with Crippen LogP contribution < -0.4 is 10.1 Å². The molecule has 1 fully saturated rings. The lowest BCUT2D eigenvalue weighted by Gasteiger charge is -2.25. The summed E-state index contributed by atoms with van der Waals surface area (Å²) in [5, 5.41) is 4.14. The molecule has 2 rings (SSSR count). The van der Waals surface area contributed by atoms with Crippen molar-refractivity contribution < 1.29 is 9.47 Å². The second kappa shape index (κ2) is 7.73. The van der Waals surface area contributed by atoms with Gasteiger partial charge in [0.05, 0.1) is 6.61 Å². The molecule has 4 heteroatoms. The molecule has 19 heavy (non-hydrogen) atoms. The van der Waals surface area contributed by atoms with E-state index >= 15 is 0 Å². The van der Waals surface area contributed by atoms with Gasteiger partial charge >= 0.3 is 0 Å². The average molecular weight is 284 g/mol. The van der Waals surface area contributed by atoms with Gasteiger partial charge in [0.15, 0.2) is 0 Å². The maximum absolute atomic E-state index is 6.27. The van der Waals surface area contributed by atoms with Crippen molar-refractivity contribution in [2.45, 2.75) is 38.8 Å². The Hall–Kier alpha value is -0.770. The lowest BCUT2D eigenvalue weighted by atomic mass is 10.1. The Kier molecular flexibility index (Phi) is 5.95. The first-order valence-electron chi connectivity index (χ1n) is 7.03. The van der Waals surface area contributed by atoms with Crippen LogP contribution >= 0.6 is 11.6 Å². The minimum absolute atomic E-state index is 0.150. The molecule has 1 N–H and O–H groups in total. The molecule has 0 spiro atoms. The van der Waals surface area contributed by atoms with Crippen LogP contribution in [0.2, 0.25) is 5.02 Å².